The van der Waals surface area contributed by atoms with Gasteiger partial charge < -0.3 is 19.5 Å². The summed E-state index contributed by atoms with van der Waals surface area (Å²) in [6, 6.07) is 16.1. The van der Waals surface area contributed by atoms with Crippen molar-refractivity contribution in [2.24, 2.45) is 0 Å². The number of ether oxygens (including phenoxy) is 2. The van der Waals surface area contributed by atoms with Crippen molar-refractivity contribution in [1.29, 1.82) is 0 Å². The fraction of sp³-hybridized carbons (Fsp3) is 0.150. The number of benzene rings is 2. The van der Waals surface area contributed by atoms with Gasteiger partial charge in [0.05, 0.1) is 16.6 Å². The molecule has 136 valence electrons. The minimum Gasteiger partial charge on any atom is -0.454 e. The maximum Gasteiger partial charge on any atom is 0.268 e. The third kappa shape index (κ3) is 2.45. The van der Waals surface area contributed by atoms with Gasteiger partial charge >= 0.3 is 0 Å². The van der Waals surface area contributed by atoms with Gasteiger partial charge in [-0.2, -0.15) is 0 Å². The lowest BCUT2D eigenvalue weighted by Crippen LogP contribution is -2.40. The van der Waals surface area contributed by atoms with Gasteiger partial charge in [0.15, 0.2) is 17.1 Å². The molecule has 0 fully saturated rings. The standard InChI is InChI=1S/C20H14ClNO4S/c21-18-8-6-13(27-18)10-22-15-4-2-1-3-14(15)20(24,19(22)23)12-5-7-16-17(9-12)26-11-25-16/h1-9,24H,10-11H2. The normalized spacial score (nSPS) is 20.2. The molecule has 1 N–H and O–H groups in total. The van der Waals surface area contributed by atoms with E-state index in [-0.39, 0.29) is 6.79 Å². The highest BCUT2D eigenvalue weighted by Gasteiger charge is 2.51. The Morgan fingerprint density at radius 2 is 1.93 bits per heavy atom. The van der Waals surface area contributed by atoms with Crippen molar-refractivity contribution in [3.63, 3.8) is 0 Å². The number of para-hydroxylation sites is 1. The first kappa shape index (κ1) is 16.6. The number of rotatable bonds is 3. The Balaban J connectivity index is 1.61. The van der Waals surface area contributed by atoms with Gasteiger partial charge in [-0.25, -0.2) is 0 Å². The van der Waals surface area contributed by atoms with Crippen molar-refractivity contribution in [2.45, 2.75) is 12.1 Å². The highest BCUT2D eigenvalue weighted by Crippen LogP contribution is 2.47. The quantitative estimate of drug-likeness (QED) is 0.725. The fourth-order valence-electron chi connectivity index (χ4n) is 3.58. The van der Waals surface area contributed by atoms with E-state index >= 15 is 0 Å². The summed E-state index contributed by atoms with van der Waals surface area (Å²) in [5.41, 5.74) is -0.0850. The van der Waals surface area contributed by atoms with E-state index in [9.17, 15) is 9.90 Å². The number of nitrogens with zero attached hydrogens (tertiary/aromatic N) is 1. The lowest BCUT2D eigenvalue weighted by molar-refractivity contribution is -0.132. The van der Waals surface area contributed by atoms with E-state index < -0.39 is 11.5 Å². The van der Waals surface area contributed by atoms with Gasteiger partial charge in [-0.1, -0.05) is 35.9 Å². The molecule has 0 spiro atoms. The second-order valence-electron chi connectivity index (χ2n) is 6.39. The first-order valence-electron chi connectivity index (χ1n) is 8.35. The van der Waals surface area contributed by atoms with Gasteiger partial charge in [-0.15, -0.1) is 11.3 Å². The van der Waals surface area contributed by atoms with Gasteiger partial charge in [0.2, 0.25) is 6.79 Å². The zero-order valence-electron chi connectivity index (χ0n) is 14.0. The number of fused-ring (bicyclic) bond motifs is 2. The molecule has 0 bridgehead atoms. The van der Waals surface area contributed by atoms with Crippen LogP contribution in [0.5, 0.6) is 11.5 Å². The predicted octanol–water partition coefficient (Wildman–Crippen LogP) is 3.91. The molecule has 1 aromatic heterocycles. The third-order valence-corrected chi connectivity index (χ3v) is 6.09. The average molecular weight is 400 g/mol. The van der Waals surface area contributed by atoms with Crippen LogP contribution in [-0.2, 0) is 16.9 Å². The minimum atomic E-state index is -1.78. The van der Waals surface area contributed by atoms with Crippen LogP contribution in [0.25, 0.3) is 0 Å². The zero-order chi connectivity index (χ0) is 18.6. The minimum absolute atomic E-state index is 0.132. The second kappa shape index (κ2) is 5.99. The summed E-state index contributed by atoms with van der Waals surface area (Å²) in [7, 11) is 0. The Kier molecular flexibility index (Phi) is 3.69. The Morgan fingerprint density at radius 3 is 2.74 bits per heavy atom. The van der Waals surface area contributed by atoms with Crippen LogP contribution in [0.4, 0.5) is 5.69 Å². The first-order valence-corrected chi connectivity index (χ1v) is 9.55. The Morgan fingerprint density at radius 1 is 1.11 bits per heavy atom. The summed E-state index contributed by atoms with van der Waals surface area (Å²) in [5.74, 6) is 0.730. The Bertz CT molecular complexity index is 1070. The molecule has 3 heterocycles. The summed E-state index contributed by atoms with van der Waals surface area (Å²) in [6.45, 7) is 0.479. The van der Waals surface area contributed by atoms with E-state index in [1.54, 1.807) is 35.2 Å². The van der Waals surface area contributed by atoms with Crippen LogP contribution >= 0.6 is 22.9 Å². The highest BCUT2D eigenvalue weighted by atomic mass is 35.5. The van der Waals surface area contributed by atoms with E-state index in [1.807, 2.05) is 24.3 Å². The number of hydrogen-bond acceptors (Lipinski definition) is 5. The van der Waals surface area contributed by atoms with Crippen molar-refractivity contribution < 1.29 is 19.4 Å². The fourth-order valence-corrected chi connectivity index (χ4v) is 4.66. The van der Waals surface area contributed by atoms with Crippen LogP contribution in [-0.4, -0.2) is 17.8 Å². The molecule has 5 rings (SSSR count). The molecule has 0 saturated carbocycles. The number of carbonyl (C=O) groups is 1. The molecule has 2 aliphatic rings. The lowest BCUT2D eigenvalue weighted by atomic mass is 9.87. The molecular weight excluding hydrogens is 386 g/mol. The van der Waals surface area contributed by atoms with Crippen molar-refractivity contribution in [3.05, 3.63) is 74.9 Å². The number of halogens is 1. The predicted molar refractivity (Wildman–Crippen MR) is 103 cm³/mol. The van der Waals surface area contributed by atoms with Crippen LogP contribution < -0.4 is 14.4 Å². The van der Waals surface area contributed by atoms with E-state index in [1.165, 1.54) is 11.3 Å². The second-order valence-corrected chi connectivity index (χ2v) is 8.19. The largest absolute Gasteiger partial charge is 0.454 e. The van der Waals surface area contributed by atoms with Crippen LogP contribution in [0.1, 0.15) is 16.0 Å². The molecule has 1 amide bonds. The third-order valence-electron chi connectivity index (χ3n) is 4.87. The average Bonchev–Trinajstić information content (AvgIpc) is 3.37. The van der Waals surface area contributed by atoms with Crippen LogP contribution in [0.2, 0.25) is 4.34 Å². The molecular formula is C20H14ClNO4S. The molecule has 0 radical (unpaired) electrons. The molecule has 1 unspecified atom stereocenters. The van der Waals surface area contributed by atoms with Gasteiger partial charge in [0, 0.05) is 16.0 Å². The van der Waals surface area contributed by atoms with E-state index in [2.05, 4.69) is 0 Å². The van der Waals surface area contributed by atoms with Crippen LogP contribution in [0, 0.1) is 0 Å². The Labute approximate surface area is 164 Å². The van der Waals surface area contributed by atoms with Crippen molar-refractivity contribution >= 4 is 34.5 Å². The lowest BCUT2D eigenvalue weighted by Gasteiger charge is -2.23. The molecule has 2 aromatic carbocycles. The van der Waals surface area contributed by atoms with E-state index in [0.717, 1.165) is 4.88 Å². The van der Waals surface area contributed by atoms with Gasteiger partial charge in [-0.05, 0) is 30.3 Å². The van der Waals surface area contributed by atoms with Gasteiger partial charge in [-0.3, -0.25) is 4.79 Å². The molecule has 3 aromatic rings. The van der Waals surface area contributed by atoms with Gasteiger partial charge in [0.1, 0.15) is 0 Å². The van der Waals surface area contributed by atoms with Crippen molar-refractivity contribution in [1.82, 2.24) is 0 Å². The molecule has 7 heteroatoms. The maximum atomic E-state index is 13.4. The Hall–Kier alpha value is -2.54. The number of thiophene rings is 1. The van der Waals surface area contributed by atoms with E-state index in [0.29, 0.717) is 39.2 Å². The number of amides is 1. The van der Waals surface area contributed by atoms with Crippen molar-refractivity contribution in [3.8, 4) is 11.5 Å². The number of hydrogen-bond donors (Lipinski definition) is 1. The summed E-state index contributed by atoms with van der Waals surface area (Å²) in [5, 5.41) is 11.6. The molecule has 27 heavy (non-hydrogen) atoms. The highest BCUT2D eigenvalue weighted by molar-refractivity contribution is 7.16. The summed E-state index contributed by atoms with van der Waals surface area (Å²) < 4.78 is 11.4. The summed E-state index contributed by atoms with van der Waals surface area (Å²) in [6.07, 6.45) is 0. The van der Waals surface area contributed by atoms with E-state index in [4.69, 9.17) is 21.1 Å². The van der Waals surface area contributed by atoms with Crippen LogP contribution in [0.3, 0.4) is 0 Å². The smallest absolute Gasteiger partial charge is 0.268 e. The molecule has 2 aliphatic heterocycles. The first-order chi connectivity index (χ1) is 13.1. The molecule has 0 saturated heterocycles. The van der Waals surface area contributed by atoms with Crippen LogP contribution in [0.15, 0.2) is 54.6 Å². The molecule has 0 aliphatic carbocycles. The topological polar surface area (TPSA) is 59.0 Å². The zero-order valence-corrected chi connectivity index (χ0v) is 15.6. The maximum absolute atomic E-state index is 13.4. The molecule has 5 nitrogen and oxygen atoms in total. The summed E-state index contributed by atoms with van der Waals surface area (Å²) >= 11 is 7.45. The number of anilines is 1. The van der Waals surface area contributed by atoms with Gasteiger partial charge in [0.25, 0.3) is 5.91 Å². The number of aliphatic hydroxyl groups is 1. The summed E-state index contributed by atoms with van der Waals surface area (Å²) in [4.78, 5) is 15.9. The molecule has 1 atom stereocenters. The number of carbonyl (C=O) groups excluding carboxylic acids is 1. The monoisotopic (exact) mass is 399 g/mol. The van der Waals surface area contributed by atoms with Crippen molar-refractivity contribution in [2.75, 3.05) is 11.7 Å². The SMILES string of the molecule is O=C1N(Cc2ccc(Cl)s2)c2ccccc2C1(O)c1ccc2c(c1)OCO2.